The fraction of sp³-hybridized carbons (Fsp3) is 0.222. The van der Waals surface area contributed by atoms with E-state index in [1.54, 1.807) is 6.21 Å². The topological polar surface area (TPSA) is 86.0 Å². The predicted molar refractivity (Wildman–Crippen MR) is 95.1 cm³/mol. The van der Waals surface area contributed by atoms with E-state index >= 15 is 0 Å². The van der Waals surface area contributed by atoms with Crippen molar-refractivity contribution in [3.05, 3.63) is 59.7 Å². The van der Waals surface area contributed by atoms with Crippen molar-refractivity contribution in [3.8, 4) is 11.5 Å². The van der Waals surface area contributed by atoms with Crippen molar-refractivity contribution < 1.29 is 4.74 Å². The molecule has 0 saturated heterocycles. The normalized spacial score (nSPS) is 11.4. The quantitative estimate of drug-likeness (QED) is 0.515. The molecule has 0 aliphatic carbocycles. The van der Waals surface area contributed by atoms with Crippen LogP contribution in [0.25, 0.3) is 0 Å². The Morgan fingerprint density at radius 3 is 2.26 bits per heavy atom. The highest BCUT2D eigenvalue weighted by Crippen LogP contribution is 2.28. The van der Waals surface area contributed by atoms with E-state index in [0.29, 0.717) is 5.75 Å². The molecule has 120 valence electrons. The third kappa shape index (κ3) is 4.85. The van der Waals surface area contributed by atoms with Gasteiger partial charge in [0.05, 0.1) is 6.21 Å². The van der Waals surface area contributed by atoms with Crippen molar-refractivity contribution in [3.63, 3.8) is 0 Å². The summed E-state index contributed by atoms with van der Waals surface area (Å²) in [7, 11) is 0. The van der Waals surface area contributed by atoms with Crippen molar-refractivity contribution in [1.29, 1.82) is 0 Å². The van der Waals surface area contributed by atoms with Gasteiger partial charge < -0.3 is 16.2 Å². The first-order valence-corrected chi connectivity index (χ1v) is 7.35. The monoisotopic (exact) mass is 310 g/mol. The van der Waals surface area contributed by atoms with E-state index in [1.165, 1.54) is 5.56 Å². The predicted octanol–water partition coefficient (Wildman–Crippen LogP) is 3.38. The second-order valence-electron chi connectivity index (χ2n) is 6.18. The second kappa shape index (κ2) is 6.96. The standard InChI is InChI=1S/C18H22N4O/c1-18(2,3)14-8-10-15(11-9-14)23-16-7-5-4-6-13(16)12-21-22-17(19)20/h4-12H,1-3H3,(H4,19,20,22). The highest BCUT2D eigenvalue weighted by molar-refractivity contribution is 5.84. The molecule has 0 radical (unpaired) electrons. The second-order valence-corrected chi connectivity index (χ2v) is 6.18. The molecule has 0 unspecified atom stereocenters. The lowest BCUT2D eigenvalue weighted by molar-refractivity contribution is 0.480. The van der Waals surface area contributed by atoms with Crippen LogP contribution in [0.3, 0.4) is 0 Å². The molecule has 0 heterocycles. The van der Waals surface area contributed by atoms with Gasteiger partial charge in [0, 0.05) is 5.56 Å². The number of guanidine groups is 1. The zero-order valence-electron chi connectivity index (χ0n) is 13.7. The van der Waals surface area contributed by atoms with Crippen LogP contribution in [0.2, 0.25) is 0 Å². The fourth-order valence-corrected chi connectivity index (χ4v) is 1.99. The van der Waals surface area contributed by atoms with Gasteiger partial charge in [-0.25, -0.2) is 0 Å². The van der Waals surface area contributed by atoms with Gasteiger partial charge in [0.15, 0.2) is 0 Å². The Kier molecular flexibility index (Phi) is 5.01. The summed E-state index contributed by atoms with van der Waals surface area (Å²) in [6.45, 7) is 6.54. The van der Waals surface area contributed by atoms with Gasteiger partial charge in [0.25, 0.3) is 0 Å². The van der Waals surface area contributed by atoms with Crippen molar-refractivity contribution in [1.82, 2.24) is 0 Å². The zero-order valence-corrected chi connectivity index (χ0v) is 13.7. The van der Waals surface area contributed by atoms with Crippen LogP contribution in [0.4, 0.5) is 0 Å². The molecular weight excluding hydrogens is 288 g/mol. The van der Waals surface area contributed by atoms with Gasteiger partial charge in [-0.15, -0.1) is 5.10 Å². The van der Waals surface area contributed by atoms with E-state index in [4.69, 9.17) is 16.2 Å². The van der Waals surface area contributed by atoms with E-state index in [-0.39, 0.29) is 11.4 Å². The Hall–Kier alpha value is -2.82. The van der Waals surface area contributed by atoms with Gasteiger partial charge in [-0.2, -0.15) is 5.10 Å². The molecule has 2 aromatic rings. The minimum atomic E-state index is -0.0857. The largest absolute Gasteiger partial charge is 0.457 e. The average Bonchev–Trinajstić information content (AvgIpc) is 2.48. The summed E-state index contributed by atoms with van der Waals surface area (Å²) in [4.78, 5) is 0. The molecule has 0 aromatic heterocycles. The molecule has 5 nitrogen and oxygen atoms in total. The summed E-state index contributed by atoms with van der Waals surface area (Å²) >= 11 is 0. The fourth-order valence-electron chi connectivity index (χ4n) is 1.99. The molecule has 0 saturated carbocycles. The van der Waals surface area contributed by atoms with E-state index in [1.807, 2.05) is 36.4 Å². The van der Waals surface area contributed by atoms with Gasteiger partial charge in [0.2, 0.25) is 5.96 Å². The number of nitrogens with zero attached hydrogens (tertiary/aromatic N) is 2. The molecule has 0 spiro atoms. The molecule has 0 aliphatic heterocycles. The minimum Gasteiger partial charge on any atom is -0.457 e. The van der Waals surface area contributed by atoms with Crippen LogP contribution in [-0.2, 0) is 5.41 Å². The van der Waals surface area contributed by atoms with Crippen LogP contribution in [0, 0.1) is 0 Å². The lowest BCUT2D eigenvalue weighted by atomic mass is 9.87. The molecule has 0 bridgehead atoms. The van der Waals surface area contributed by atoms with Crippen molar-refractivity contribution in [2.75, 3.05) is 0 Å². The maximum atomic E-state index is 5.93. The first kappa shape index (κ1) is 16.5. The molecular formula is C18H22N4O. The third-order valence-electron chi connectivity index (χ3n) is 3.24. The lowest BCUT2D eigenvalue weighted by Gasteiger charge is -2.19. The molecule has 2 rings (SSSR count). The third-order valence-corrected chi connectivity index (χ3v) is 3.24. The zero-order chi connectivity index (χ0) is 16.9. The number of rotatable bonds is 4. The maximum Gasteiger partial charge on any atom is 0.211 e. The molecule has 0 atom stereocenters. The molecule has 0 fully saturated rings. The van der Waals surface area contributed by atoms with E-state index in [9.17, 15) is 0 Å². The van der Waals surface area contributed by atoms with Gasteiger partial charge >= 0.3 is 0 Å². The number of hydrogen-bond acceptors (Lipinski definition) is 3. The summed E-state index contributed by atoms with van der Waals surface area (Å²) in [5.41, 5.74) is 12.7. The van der Waals surface area contributed by atoms with Crippen LogP contribution in [0.1, 0.15) is 31.9 Å². The van der Waals surface area contributed by atoms with Gasteiger partial charge in [0.1, 0.15) is 11.5 Å². The number of benzene rings is 2. The lowest BCUT2D eigenvalue weighted by Crippen LogP contribution is -2.21. The summed E-state index contributed by atoms with van der Waals surface area (Å²) < 4.78 is 5.93. The Morgan fingerprint density at radius 2 is 1.65 bits per heavy atom. The number of para-hydroxylation sites is 1. The summed E-state index contributed by atoms with van der Waals surface area (Å²) in [6.07, 6.45) is 1.55. The minimum absolute atomic E-state index is 0.0857. The maximum absolute atomic E-state index is 5.93. The van der Waals surface area contributed by atoms with Crippen LogP contribution < -0.4 is 16.2 Å². The Balaban J connectivity index is 2.20. The number of nitrogens with two attached hydrogens (primary N) is 2. The molecule has 0 aliphatic rings. The van der Waals surface area contributed by atoms with E-state index in [0.717, 1.165) is 11.3 Å². The molecule has 4 N–H and O–H groups in total. The van der Waals surface area contributed by atoms with Gasteiger partial charge in [-0.1, -0.05) is 45.0 Å². The summed E-state index contributed by atoms with van der Waals surface area (Å²) in [6, 6.07) is 15.6. The average molecular weight is 310 g/mol. The van der Waals surface area contributed by atoms with Crippen LogP contribution in [0.15, 0.2) is 58.7 Å². The SMILES string of the molecule is CC(C)(C)c1ccc(Oc2ccccc2C=NN=C(N)N)cc1. The number of ether oxygens (including phenoxy) is 1. The van der Waals surface area contributed by atoms with E-state index < -0.39 is 0 Å². The van der Waals surface area contributed by atoms with Crippen LogP contribution in [0.5, 0.6) is 11.5 Å². The Labute approximate surface area is 136 Å². The summed E-state index contributed by atoms with van der Waals surface area (Å²) in [5.74, 6) is 1.36. The number of hydrogen-bond donors (Lipinski definition) is 2. The highest BCUT2D eigenvalue weighted by atomic mass is 16.5. The first-order valence-electron chi connectivity index (χ1n) is 7.35. The molecule has 0 amide bonds. The van der Waals surface area contributed by atoms with Gasteiger partial charge in [-0.3, -0.25) is 0 Å². The Bertz CT molecular complexity index is 709. The van der Waals surface area contributed by atoms with Gasteiger partial charge in [-0.05, 0) is 35.2 Å². The highest BCUT2D eigenvalue weighted by Gasteiger charge is 2.13. The van der Waals surface area contributed by atoms with Crippen molar-refractivity contribution >= 4 is 12.2 Å². The van der Waals surface area contributed by atoms with Crippen LogP contribution >= 0.6 is 0 Å². The van der Waals surface area contributed by atoms with E-state index in [2.05, 4.69) is 43.1 Å². The smallest absolute Gasteiger partial charge is 0.211 e. The molecule has 2 aromatic carbocycles. The summed E-state index contributed by atoms with van der Waals surface area (Å²) in [5, 5.41) is 7.42. The van der Waals surface area contributed by atoms with Crippen LogP contribution in [-0.4, -0.2) is 12.2 Å². The molecule has 23 heavy (non-hydrogen) atoms. The van der Waals surface area contributed by atoms with Crippen molar-refractivity contribution in [2.24, 2.45) is 21.7 Å². The Morgan fingerprint density at radius 1 is 1.00 bits per heavy atom. The molecule has 5 heteroatoms. The van der Waals surface area contributed by atoms with Crippen molar-refractivity contribution in [2.45, 2.75) is 26.2 Å². The first-order chi connectivity index (χ1) is 10.9.